The first kappa shape index (κ1) is 15.4. The highest BCUT2D eigenvalue weighted by molar-refractivity contribution is 9.10. The smallest absolute Gasteiger partial charge is 0.244 e. The molecule has 1 aromatic carbocycles. The molecule has 0 spiro atoms. The summed E-state index contributed by atoms with van der Waals surface area (Å²) in [7, 11) is -4.09. The van der Waals surface area contributed by atoms with Crippen LogP contribution in [0.4, 0.5) is 10.1 Å². The molecule has 8 heteroatoms. The topological polar surface area (TPSA) is 92.4 Å². The lowest BCUT2D eigenvalue weighted by molar-refractivity contribution is 0.208. The van der Waals surface area contributed by atoms with Crippen molar-refractivity contribution in [3.05, 3.63) is 22.4 Å². The van der Waals surface area contributed by atoms with E-state index in [1.807, 2.05) is 0 Å². The first-order valence-electron chi connectivity index (χ1n) is 4.98. The highest BCUT2D eigenvalue weighted by Crippen LogP contribution is 2.26. The molecule has 0 aliphatic rings. The van der Waals surface area contributed by atoms with Crippen molar-refractivity contribution >= 4 is 31.6 Å². The summed E-state index contributed by atoms with van der Waals surface area (Å²) in [5, 5.41) is 9.02. The summed E-state index contributed by atoms with van der Waals surface area (Å²) in [6, 6.07) is 2.01. The lowest BCUT2D eigenvalue weighted by Crippen LogP contribution is -2.46. The Morgan fingerprint density at radius 3 is 2.56 bits per heavy atom. The van der Waals surface area contributed by atoms with Gasteiger partial charge in [-0.25, -0.2) is 17.5 Å². The van der Waals surface area contributed by atoms with Gasteiger partial charge in [-0.1, -0.05) is 0 Å². The molecule has 0 atom stereocenters. The highest BCUT2D eigenvalue weighted by Gasteiger charge is 2.28. The van der Waals surface area contributed by atoms with Crippen LogP contribution < -0.4 is 10.5 Å². The van der Waals surface area contributed by atoms with Crippen LogP contribution in [-0.4, -0.2) is 25.7 Å². The minimum absolute atomic E-state index is 0.110. The number of anilines is 1. The third-order valence-corrected chi connectivity index (χ3v) is 4.55. The number of benzene rings is 1. The number of aliphatic hydroxyl groups is 1. The van der Waals surface area contributed by atoms with Gasteiger partial charge < -0.3 is 10.8 Å². The molecule has 1 aromatic rings. The standard InChI is InChI=1S/C10H14BrFN2O3S/c1-10(2,5-15)14-18(16,17)9-4-8(13)6(11)3-7(9)12/h3-4,14-15H,5,13H2,1-2H3. The quantitative estimate of drug-likeness (QED) is 0.718. The van der Waals surface area contributed by atoms with Crippen LogP contribution >= 0.6 is 15.9 Å². The lowest BCUT2D eigenvalue weighted by atomic mass is 10.1. The van der Waals surface area contributed by atoms with Crippen molar-refractivity contribution in [3.63, 3.8) is 0 Å². The largest absolute Gasteiger partial charge is 0.398 e. The second-order valence-corrected chi connectivity index (χ2v) is 6.96. The summed E-state index contributed by atoms with van der Waals surface area (Å²) in [6.45, 7) is 2.54. The molecule has 0 radical (unpaired) electrons. The van der Waals surface area contributed by atoms with Crippen molar-refractivity contribution < 1.29 is 17.9 Å². The molecule has 0 bridgehead atoms. The first-order valence-corrected chi connectivity index (χ1v) is 7.26. The molecule has 0 heterocycles. The molecule has 0 amide bonds. The van der Waals surface area contributed by atoms with Crippen LogP contribution in [0, 0.1) is 5.82 Å². The number of sulfonamides is 1. The molecule has 0 aromatic heterocycles. The number of rotatable bonds is 4. The zero-order valence-corrected chi connectivity index (χ0v) is 12.3. The summed E-state index contributed by atoms with van der Waals surface area (Å²) in [5.41, 5.74) is 4.55. The van der Waals surface area contributed by atoms with Crippen LogP contribution in [0.1, 0.15) is 13.8 Å². The van der Waals surface area contributed by atoms with E-state index < -0.39 is 32.9 Å². The maximum Gasteiger partial charge on any atom is 0.244 e. The van der Waals surface area contributed by atoms with Crippen LogP contribution in [0.15, 0.2) is 21.5 Å². The molecule has 4 N–H and O–H groups in total. The maximum absolute atomic E-state index is 13.6. The average Bonchev–Trinajstić information content (AvgIpc) is 2.21. The zero-order chi connectivity index (χ0) is 14.1. The van der Waals surface area contributed by atoms with Crippen LogP contribution in [-0.2, 0) is 10.0 Å². The Bertz CT molecular complexity index is 560. The number of aliphatic hydroxyl groups excluding tert-OH is 1. The summed E-state index contributed by atoms with van der Waals surface area (Å²) < 4.78 is 40.0. The number of hydrogen-bond donors (Lipinski definition) is 3. The first-order chi connectivity index (χ1) is 8.09. The number of nitrogens with one attached hydrogen (secondary N) is 1. The fourth-order valence-electron chi connectivity index (χ4n) is 1.20. The van der Waals surface area contributed by atoms with Crippen molar-refractivity contribution in [2.24, 2.45) is 0 Å². The van der Waals surface area contributed by atoms with Gasteiger partial charge in [0.2, 0.25) is 10.0 Å². The molecule has 102 valence electrons. The second kappa shape index (κ2) is 5.12. The van der Waals surface area contributed by atoms with E-state index in [2.05, 4.69) is 20.7 Å². The predicted octanol–water partition coefficient (Wildman–Crippen LogP) is 1.22. The maximum atomic E-state index is 13.6. The van der Waals surface area contributed by atoms with Crippen LogP contribution in [0.3, 0.4) is 0 Å². The van der Waals surface area contributed by atoms with Crippen LogP contribution in [0.2, 0.25) is 0 Å². The minimum atomic E-state index is -4.09. The fourth-order valence-corrected chi connectivity index (χ4v) is 3.02. The Hall–Kier alpha value is -0.700. The van der Waals surface area contributed by atoms with Gasteiger partial charge >= 0.3 is 0 Å². The van der Waals surface area contributed by atoms with Gasteiger partial charge in [-0.3, -0.25) is 0 Å². The third-order valence-electron chi connectivity index (χ3n) is 2.15. The monoisotopic (exact) mass is 340 g/mol. The van der Waals surface area contributed by atoms with Crippen molar-refractivity contribution in [2.45, 2.75) is 24.3 Å². The van der Waals surface area contributed by atoms with Crippen LogP contribution in [0.5, 0.6) is 0 Å². The number of nitrogen functional groups attached to an aromatic ring is 1. The normalized spacial score (nSPS) is 12.7. The molecule has 0 saturated carbocycles. The fraction of sp³-hybridized carbons (Fsp3) is 0.400. The van der Waals surface area contributed by atoms with Gasteiger partial charge in [0.1, 0.15) is 10.7 Å². The SMILES string of the molecule is CC(C)(CO)NS(=O)(=O)c1cc(N)c(Br)cc1F. The van der Waals surface area contributed by atoms with Gasteiger partial charge in [0.25, 0.3) is 0 Å². The van der Waals surface area contributed by atoms with Gasteiger partial charge in [-0.2, -0.15) is 0 Å². The summed E-state index contributed by atoms with van der Waals surface area (Å²) in [4.78, 5) is -0.551. The molecule has 18 heavy (non-hydrogen) atoms. The average molecular weight is 341 g/mol. The van der Waals surface area contributed by atoms with E-state index in [9.17, 15) is 12.8 Å². The predicted molar refractivity (Wildman–Crippen MR) is 70.0 cm³/mol. The molecule has 0 aliphatic carbocycles. The number of hydrogen-bond acceptors (Lipinski definition) is 4. The highest BCUT2D eigenvalue weighted by atomic mass is 79.9. The van der Waals surface area contributed by atoms with E-state index in [1.165, 1.54) is 13.8 Å². The van der Waals surface area contributed by atoms with E-state index in [4.69, 9.17) is 10.8 Å². The number of halogens is 2. The van der Waals surface area contributed by atoms with Gasteiger partial charge in [0.15, 0.2) is 0 Å². The molecule has 0 fully saturated rings. The molecule has 0 unspecified atom stereocenters. The van der Waals surface area contributed by atoms with E-state index in [0.29, 0.717) is 0 Å². The number of nitrogens with two attached hydrogens (primary N) is 1. The van der Waals surface area contributed by atoms with Crippen molar-refractivity contribution in [2.75, 3.05) is 12.3 Å². The Labute approximate surface area is 113 Å². The minimum Gasteiger partial charge on any atom is -0.398 e. The molecule has 0 aliphatic heterocycles. The van der Waals surface area contributed by atoms with E-state index in [1.54, 1.807) is 0 Å². The zero-order valence-electron chi connectivity index (χ0n) is 9.87. The van der Waals surface area contributed by atoms with E-state index in [0.717, 1.165) is 12.1 Å². The summed E-state index contributed by atoms with van der Waals surface area (Å²) >= 11 is 3.00. The molecule has 5 nitrogen and oxygen atoms in total. The summed E-state index contributed by atoms with van der Waals surface area (Å²) in [6.07, 6.45) is 0. The van der Waals surface area contributed by atoms with E-state index in [-0.39, 0.29) is 10.2 Å². The Morgan fingerprint density at radius 2 is 2.06 bits per heavy atom. The Balaban J connectivity index is 3.26. The molecule has 0 saturated heterocycles. The Kier molecular flexibility index (Phi) is 4.37. The summed E-state index contributed by atoms with van der Waals surface area (Å²) in [5.74, 6) is -0.919. The van der Waals surface area contributed by atoms with Crippen molar-refractivity contribution in [1.29, 1.82) is 0 Å². The van der Waals surface area contributed by atoms with E-state index >= 15 is 0 Å². The van der Waals surface area contributed by atoms with Crippen LogP contribution in [0.25, 0.3) is 0 Å². The van der Waals surface area contributed by atoms with Gasteiger partial charge in [-0.15, -0.1) is 0 Å². The van der Waals surface area contributed by atoms with Crippen molar-refractivity contribution in [1.82, 2.24) is 4.72 Å². The molecular weight excluding hydrogens is 327 g/mol. The second-order valence-electron chi connectivity index (χ2n) is 4.45. The Morgan fingerprint density at radius 1 is 1.50 bits per heavy atom. The van der Waals surface area contributed by atoms with Crippen molar-refractivity contribution in [3.8, 4) is 0 Å². The molecule has 1 rings (SSSR count). The lowest BCUT2D eigenvalue weighted by Gasteiger charge is -2.23. The molecular formula is C10H14BrFN2O3S. The van der Waals surface area contributed by atoms with Gasteiger partial charge in [0.05, 0.1) is 12.1 Å². The van der Waals surface area contributed by atoms with Gasteiger partial charge in [0, 0.05) is 10.2 Å². The van der Waals surface area contributed by atoms with Gasteiger partial charge in [-0.05, 0) is 41.9 Å². The third kappa shape index (κ3) is 3.41.